The minimum atomic E-state index is 0.178. The third kappa shape index (κ3) is 1.84. The number of aromatic nitrogens is 4. The van der Waals surface area contributed by atoms with Crippen LogP contribution in [-0.2, 0) is 0 Å². The topological polar surface area (TPSA) is 75.9 Å². The Hall–Kier alpha value is -2.63. The number of hydrogen-bond donors (Lipinski definition) is 2. The molecule has 2 N–H and O–H groups in total. The van der Waals surface area contributed by atoms with E-state index in [0.29, 0.717) is 5.82 Å². The normalized spacial score (nSPS) is 10.7. The summed E-state index contributed by atoms with van der Waals surface area (Å²) in [6.07, 6.45) is 3.27. The SMILES string of the molecule is Cc1ccn(Nc2ncnc3ccc(O)cc23)n1. The smallest absolute Gasteiger partial charge is 0.157 e. The van der Waals surface area contributed by atoms with Crippen LogP contribution in [0.25, 0.3) is 10.9 Å². The molecule has 90 valence electrons. The molecule has 0 amide bonds. The van der Waals surface area contributed by atoms with E-state index in [1.54, 1.807) is 29.2 Å². The van der Waals surface area contributed by atoms with Crippen molar-refractivity contribution in [2.24, 2.45) is 0 Å². The van der Waals surface area contributed by atoms with Gasteiger partial charge >= 0.3 is 0 Å². The molecule has 0 aliphatic heterocycles. The highest BCUT2D eigenvalue weighted by Crippen LogP contribution is 2.23. The van der Waals surface area contributed by atoms with Gasteiger partial charge in [-0.1, -0.05) is 0 Å². The Kier molecular flexibility index (Phi) is 2.33. The number of anilines is 1. The average molecular weight is 241 g/mol. The van der Waals surface area contributed by atoms with Crippen molar-refractivity contribution >= 4 is 16.7 Å². The molecular formula is C12H11N5O. The summed E-state index contributed by atoms with van der Waals surface area (Å²) >= 11 is 0. The van der Waals surface area contributed by atoms with E-state index in [1.807, 2.05) is 13.0 Å². The van der Waals surface area contributed by atoms with Crippen LogP contribution in [0.4, 0.5) is 5.82 Å². The second kappa shape index (κ2) is 3.99. The van der Waals surface area contributed by atoms with Crippen molar-refractivity contribution < 1.29 is 5.11 Å². The minimum Gasteiger partial charge on any atom is -0.508 e. The average Bonchev–Trinajstić information content (AvgIpc) is 2.76. The number of nitrogens with one attached hydrogen (secondary N) is 1. The van der Waals surface area contributed by atoms with Crippen molar-refractivity contribution in [1.82, 2.24) is 19.9 Å². The van der Waals surface area contributed by atoms with Gasteiger partial charge in [0.2, 0.25) is 0 Å². The van der Waals surface area contributed by atoms with Crippen molar-refractivity contribution in [2.45, 2.75) is 6.92 Å². The van der Waals surface area contributed by atoms with E-state index >= 15 is 0 Å². The van der Waals surface area contributed by atoms with E-state index in [1.165, 1.54) is 6.33 Å². The summed E-state index contributed by atoms with van der Waals surface area (Å²) in [5.41, 5.74) is 4.70. The van der Waals surface area contributed by atoms with Gasteiger partial charge in [-0.3, -0.25) is 5.43 Å². The molecule has 18 heavy (non-hydrogen) atoms. The predicted octanol–water partition coefficient (Wildman–Crippen LogP) is 1.72. The lowest BCUT2D eigenvalue weighted by Crippen LogP contribution is -2.11. The van der Waals surface area contributed by atoms with E-state index in [2.05, 4.69) is 20.5 Å². The van der Waals surface area contributed by atoms with E-state index in [4.69, 9.17) is 0 Å². The Labute approximate surface area is 103 Å². The minimum absolute atomic E-state index is 0.178. The molecule has 0 saturated carbocycles. The van der Waals surface area contributed by atoms with Gasteiger partial charge in [-0.15, -0.1) is 0 Å². The Morgan fingerprint density at radius 1 is 1.22 bits per heavy atom. The molecule has 0 aliphatic rings. The molecule has 0 atom stereocenters. The Morgan fingerprint density at radius 3 is 2.89 bits per heavy atom. The fourth-order valence-corrected chi connectivity index (χ4v) is 1.72. The number of rotatable bonds is 2. The number of benzene rings is 1. The van der Waals surface area contributed by atoms with Crippen LogP contribution in [-0.4, -0.2) is 25.0 Å². The summed E-state index contributed by atoms with van der Waals surface area (Å²) in [5, 5.41) is 14.5. The highest BCUT2D eigenvalue weighted by atomic mass is 16.3. The molecule has 3 aromatic rings. The van der Waals surface area contributed by atoms with Crippen LogP contribution in [0.2, 0.25) is 0 Å². The van der Waals surface area contributed by atoms with E-state index in [9.17, 15) is 5.11 Å². The fraction of sp³-hybridized carbons (Fsp3) is 0.0833. The first-order chi connectivity index (χ1) is 8.72. The summed E-state index contributed by atoms with van der Waals surface area (Å²) in [4.78, 5) is 9.87. The lowest BCUT2D eigenvalue weighted by Gasteiger charge is -2.07. The first kappa shape index (κ1) is 10.5. The Balaban J connectivity index is 2.08. The summed E-state index contributed by atoms with van der Waals surface area (Å²) in [7, 11) is 0. The van der Waals surface area contributed by atoms with Crippen LogP contribution in [0.5, 0.6) is 5.75 Å². The van der Waals surface area contributed by atoms with Crippen molar-refractivity contribution in [3.05, 3.63) is 42.5 Å². The van der Waals surface area contributed by atoms with E-state index in [-0.39, 0.29) is 5.75 Å². The molecule has 0 unspecified atom stereocenters. The van der Waals surface area contributed by atoms with Gasteiger partial charge in [0.15, 0.2) is 5.82 Å². The molecule has 0 radical (unpaired) electrons. The maximum atomic E-state index is 9.52. The van der Waals surface area contributed by atoms with Crippen LogP contribution in [0.15, 0.2) is 36.8 Å². The highest BCUT2D eigenvalue weighted by Gasteiger charge is 2.05. The van der Waals surface area contributed by atoms with Gasteiger partial charge in [0, 0.05) is 11.6 Å². The van der Waals surface area contributed by atoms with Gasteiger partial charge in [0.25, 0.3) is 0 Å². The van der Waals surface area contributed by atoms with Crippen molar-refractivity contribution in [1.29, 1.82) is 0 Å². The number of hydrogen-bond acceptors (Lipinski definition) is 5. The second-order valence-electron chi connectivity index (χ2n) is 3.94. The van der Waals surface area contributed by atoms with Crippen molar-refractivity contribution in [2.75, 3.05) is 5.43 Å². The molecule has 6 heteroatoms. The molecule has 0 aliphatic carbocycles. The molecule has 0 fully saturated rings. The molecule has 0 bridgehead atoms. The molecule has 1 aromatic carbocycles. The molecular weight excluding hydrogens is 230 g/mol. The number of fused-ring (bicyclic) bond motifs is 1. The van der Waals surface area contributed by atoms with Gasteiger partial charge in [0.1, 0.15) is 12.1 Å². The maximum absolute atomic E-state index is 9.52. The van der Waals surface area contributed by atoms with Crippen LogP contribution in [0, 0.1) is 6.92 Å². The largest absolute Gasteiger partial charge is 0.508 e. The number of aryl methyl sites for hydroxylation is 1. The molecule has 2 aromatic heterocycles. The summed E-state index contributed by atoms with van der Waals surface area (Å²) in [6, 6.07) is 6.84. The zero-order valence-electron chi connectivity index (χ0n) is 9.70. The monoisotopic (exact) mass is 241 g/mol. The van der Waals surface area contributed by atoms with Gasteiger partial charge in [-0.05, 0) is 31.2 Å². The lowest BCUT2D eigenvalue weighted by molar-refractivity contribution is 0.476. The fourth-order valence-electron chi connectivity index (χ4n) is 1.72. The Morgan fingerprint density at radius 2 is 2.11 bits per heavy atom. The third-order valence-corrected chi connectivity index (χ3v) is 2.56. The maximum Gasteiger partial charge on any atom is 0.157 e. The number of nitrogens with zero attached hydrogens (tertiary/aromatic N) is 4. The quantitative estimate of drug-likeness (QED) is 0.714. The zero-order chi connectivity index (χ0) is 12.5. The van der Waals surface area contributed by atoms with Gasteiger partial charge in [-0.2, -0.15) is 9.89 Å². The second-order valence-corrected chi connectivity index (χ2v) is 3.94. The molecule has 6 nitrogen and oxygen atoms in total. The third-order valence-electron chi connectivity index (χ3n) is 2.56. The van der Waals surface area contributed by atoms with Crippen molar-refractivity contribution in [3.63, 3.8) is 0 Å². The molecule has 0 saturated heterocycles. The van der Waals surface area contributed by atoms with Gasteiger partial charge in [0.05, 0.1) is 11.2 Å². The lowest BCUT2D eigenvalue weighted by atomic mass is 10.2. The summed E-state index contributed by atoms with van der Waals surface area (Å²) in [5.74, 6) is 0.774. The standard InChI is InChI=1S/C12H11N5O/c1-8-4-5-17(15-8)16-12-10-6-9(18)2-3-11(10)13-7-14-12/h2-7,18H,1H3,(H,13,14,16). The highest BCUT2D eigenvalue weighted by molar-refractivity contribution is 5.89. The van der Waals surface area contributed by atoms with Crippen LogP contribution in [0.3, 0.4) is 0 Å². The van der Waals surface area contributed by atoms with Crippen LogP contribution < -0.4 is 5.43 Å². The number of phenolic OH excluding ortho intramolecular Hbond substituents is 1. The van der Waals surface area contributed by atoms with Crippen molar-refractivity contribution in [3.8, 4) is 5.75 Å². The van der Waals surface area contributed by atoms with Crippen LogP contribution in [0.1, 0.15) is 5.69 Å². The first-order valence-corrected chi connectivity index (χ1v) is 5.45. The molecule has 0 spiro atoms. The van der Waals surface area contributed by atoms with Gasteiger partial charge in [-0.25, -0.2) is 9.97 Å². The zero-order valence-corrected chi connectivity index (χ0v) is 9.70. The van der Waals surface area contributed by atoms with Gasteiger partial charge < -0.3 is 5.11 Å². The van der Waals surface area contributed by atoms with Crippen LogP contribution >= 0.6 is 0 Å². The molecule has 3 rings (SSSR count). The number of phenols is 1. The van der Waals surface area contributed by atoms with E-state index in [0.717, 1.165) is 16.6 Å². The predicted molar refractivity (Wildman–Crippen MR) is 67.2 cm³/mol. The summed E-state index contributed by atoms with van der Waals surface area (Å²) in [6.45, 7) is 1.90. The van der Waals surface area contributed by atoms with E-state index < -0.39 is 0 Å². The Bertz CT molecular complexity index is 707. The summed E-state index contributed by atoms with van der Waals surface area (Å²) < 4.78 is 0. The number of aromatic hydroxyl groups is 1. The first-order valence-electron chi connectivity index (χ1n) is 5.45. The molecule has 2 heterocycles.